The lowest BCUT2D eigenvalue weighted by Gasteiger charge is -2.17. The van der Waals surface area contributed by atoms with E-state index in [1.807, 2.05) is 43.3 Å². The van der Waals surface area contributed by atoms with Crippen LogP contribution in [-0.4, -0.2) is 14.4 Å². The van der Waals surface area contributed by atoms with E-state index in [1.54, 1.807) is 6.07 Å². The van der Waals surface area contributed by atoms with Gasteiger partial charge >= 0.3 is 0 Å². The Labute approximate surface area is 176 Å². The predicted octanol–water partition coefficient (Wildman–Crippen LogP) is 2.85. The van der Waals surface area contributed by atoms with Crippen molar-refractivity contribution in [2.75, 3.05) is 16.8 Å². The molecule has 0 aliphatic rings. The molecule has 154 valence electrons. The smallest absolute Gasteiger partial charge is 0.263 e. The number of nitriles is 1. The molecule has 31 heavy (non-hydrogen) atoms. The molecule has 0 spiro atoms. The fraction of sp³-hybridized carbons (Fsp3) is 0.0909. The largest absolute Gasteiger partial charge is 0.382 e. The first-order valence-corrected chi connectivity index (χ1v) is 9.36. The number of fused-ring (bicyclic) bond motifs is 1. The van der Waals surface area contributed by atoms with E-state index in [-0.39, 0.29) is 35.3 Å². The van der Waals surface area contributed by atoms with Crippen LogP contribution in [0.2, 0.25) is 0 Å². The Kier molecular flexibility index (Phi) is 4.97. The van der Waals surface area contributed by atoms with Crippen LogP contribution in [0.4, 0.5) is 22.0 Å². The maximum absolute atomic E-state index is 13.9. The van der Waals surface area contributed by atoms with Crippen LogP contribution >= 0.6 is 0 Å². The summed E-state index contributed by atoms with van der Waals surface area (Å²) in [6.07, 6.45) is 1.17. The molecule has 8 nitrogen and oxygen atoms in total. The van der Waals surface area contributed by atoms with Crippen LogP contribution in [0.15, 0.2) is 53.5 Å². The number of halogens is 1. The molecule has 4 aromatic rings. The summed E-state index contributed by atoms with van der Waals surface area (Å²) >= 11 is 0. The summed E-state index contributed by atoms with van der Waals surface area (Å²) in [4.78, 5) is 21.2. The minimum absolute atomic E-state index is 0.0356. The second-order valence-corrected chi connectivity index (χ2v) is 6.91. The summed E-state index contributed by atoms with van der Waals surface area (Å²) in [6.45, 7) is 2.01. The van der Waals surface area contributed by atoms with E-state index in [9.17, 15) is 14.4 Å². The summed E-state index contributed by atoms with van der Waals surface area (Å²) in [5, 5.41) is 12.5. The molecule has 4 rings (SSSR count). The molecule has 0 saturated heterocycles. The van der Waals surface area contributed by atoms with E-state index in [2.05, 4.69) is 15.3 Å². The number of anilines is 3. The van der Waals surface area contributed by atoms with Crippen LogP contribution in [0, 0.1) is 24.1 Å². The van der Waals surface area contributed by atoms with Gasteiger partial charge in [-0.05, 0) is 35.7 Å². The molecule has 0 atom stereocenters. The fourth-order valence-corrected chi connectivity index (χ4v) is 3.57. The number of aromatic nitrogens is 3. The quantitative estimate of drug-likeness (QED) is 0.466. The van der Waals surface area contributed by atoms with E-state index in [0.29, 0.717) is 22.2 Å². The maximum atomic E-state index is 13.9. The van der Waals surface area contributed by atoms with Crippen molar-refractivity contribution in [1.29, 1.82) is 5.26 Å². The highest BCUT2D eigenvalue weighted by molar-refractivity contribution is 5.74. The third kappa shape index (κ3) is 3.51. The summed E-state index contributed by atoms with van der Waals surface area (Å²) in [6, 6.07) is 13.9. The highest BCUT2D eigenvalue weighted by Gasteiger charge is 2.19. The molecule has 0 fully saturated rings. The van der Waals surface area contributed by atoms with E-state index >= 15 is 0 Å². The third-order valence-corrected chi connectivity index (χ3v) is 5.04. The van der Waals surface area contributed by atoms with Gasteiger partial charge in [0, 0.05) is 12.7 Å². The molecule has 0 radical (unpaired) electrons. The van der Waals surface area contributed by atoms with Crippen LogP contribution in [0.1, 0.15) is 16.7 Å². The van der Waals surface area contributed by atoms with Gasteiger partial charge in [-0.3, -0.25) is 9.20 Å². The summed E-state index contributed by atoms with van der Waals surface area (Å²) < 4.78 is 15.2. The fourth-order valence-electron chi connectivity index (χ4n) is 3.57. The number of pyridine rings is 2. The van der Waals surface area contributed by atoms with E-state index in [4.69, 9.17) is 11.5 Å². The molecule has 3 heterocycles. The van der Waals surface area contributed by atoms with E-state index in [1.165, 1.54) is 16.7 Å². The van der Waals surface area contributed by atoms with E-state index in [0.717, 1.165) is 5.56 Å². The van der Waals surface area contributed by atoms with Crippen molar-refractivity contribution in [1.82, 2.24) is 14.4 Å². The average Bonchev–Trinajstić information content (AvgIpc) is 2.75. The normalized spacial score (nSPS) is 10.7. The molecule has 0 saturated carbocycles. The SMILES string of the molecule is Cc1c(CNc2nc(N)nc(N)c2C#N)c(-c2ccccc2)c(=O)n2cc(F)ccc12. The number of rotatable bonds is 4. The maximum Gasteiger partial charge on any atom is 0.263 e. The Hall–Kier alpha value is -4.45. The number of nitrogens with one attached hydrogen (secondary N) is 1. The third-order valence-electron chi connectivity index (χ3n) is 5.04. The number of nitrogen functional groups attached to an aromatic ring is 2. The minimum atomic E-state index is -0.510. The first-order valence-electron chi connectivity index (χ1n) is 9.36. The number of hydrogen-bond acceptors (Lipinski definition) is 7. The molecule has 3 aromatic heterocycles. The Morgan fingerprint density at radius 2 is 1.90 bits per heavy atom. The van der Waals surface area contributed by atoms with Gasteiger partial charge in [0.25, 0.3) is 5.56 Å². The first kappa shape index (κ1) is 19.8. The molecule has 0 amide bonds. The topological polar surface area (TPSA) is 135 Å². The lowest BCUT2D eigenvalue weighted by molar-refractivity contribution is 0.618. The van der Waals surface area contributed by atoms with Gasteiger partial charge in [0.05, 0.1) is 11.1 Å². The van der Waals surface area contributed by atoms with Gasteiger partial charge in [-0.1, -0.05) is 30.3 Å². The van der Waals surface area contributed by atoms with E-state index < -0.39 is 5.82 Å². The van der Waals surface area contributed by atoms with Gasteiger partial charge in [-0.25, -0.2) is 4.39 Å². The second kappa shape index (κ2) is 7.76. The highest BCUT2D eigenvalue weighted by Crippen LogP contribution is 2.27. The Morgan fingerprint density at radius 3 is 2.61 bits per heavy atom. The van der Waals surface area contributed by atoms with Crippen LogP contribution in [0.3, 0.4) is 0 Å². The van der Waals surface area contributed by atoms with Crippen molar-refractivity contribution >= 4 is 23.1 Å². The lowest BCUT2D eigenvalue weighted by atomic mass is 9.96. The van der Waals surface area contributed by atoms with Gasteiger partial charge in [-0.15, -0.1) is 0 Å². The van der Waals surface area contributed by atoms with Crippen molar-refractivity contribution in [2.45, 2.75) is 13.5 Å². The Morgan fingerprint density at radius 1 is 1.16 bits per heavy atom. The van der Waals surface area contributed by atoms with Crippen molar-refractivity contribution < 1.29 is 4.39 Å². The molecule has 9 heteroatoms. The Bertz CT molecular complexity index is 1410. The van der Waals surface area contributed by atoms with Gasteiger partial charge in [-0.2, -0.15) is 15.2 Å². The van der Waals surface area contributed by atoms with Crippen LogP contribution < -0.4 is 22.3 Å². The van der Waals surface area contributed by atoms with Crippen molar-refractivity contribution in [2.24, 2.45) is 0 Å². The van der Waals surface area contributed by atoms with Gasteiger partial charge in [0.2, 0.25) is 5.95 Å². The zero-order valence-corrected chi connectivity index (χ0v) is 16.6. The molecule has 1 aromatic carbocycles. The van der Waals surface area contributed by atoms with Crippen LogP contribution in [0.25, 0.3) is 16.6 Å². The number of aryl methyl sites for hydroxylation is 1. The summed E-state index contributed by atoms with van der Waals surface area (Å²) in [7, 11) is 0. The van der Waals surface area contributed by atoms with Crippen molar-refractivity contribution in [3.63, 3.8) is 0 Å². The first-order chi connectivity index (χ1) is 14.9. The molecule has 0 aliphatic heterocycles. The standard InChI is InChI=1S/C22H18FN7O/c1-12-16(10-27-20-15(9-24)19(25)28-22(26)29-20)18(13-5-3-2-4-6-13)21(31)30-11-14(23)7-8-17(12)30/h2-8,11H,10H2,1H3,(H5,25,26,27,28,29). The highest BCUT2D eigenvalue weighted by atomic mass is 19.1. The van der Waals surface area contributed by atoms with Crippen molar-refractivity contribution in [3.05, 3.63) is 81.5 Å². The van der Waals surface area contributed by atoms with Gasteiger partial charge in [0.1, 0.15) is 23.3 Å². The summed E-state index contributed by atoms with van der Waals surface area (Å²) in [5.74, 6) is -0.450. The van der Waals surface area contributed by atoms with Gasteiger partial charge < -0.3 is 16.8 Å². The molecule has 0 aliphatic carbocycles. The molecule has 5 N–H and O–H groups in total. The lowest BCUT2D eigenvalue weighted by Crippen LogP contribution is -2.21. The number of hydrogen-bond donors (Lipinski definition) is 3. The van der Waals surface area contributed by atoms with Crippen molar-refractivity contribution in [3.8, 4) is 17.2 Å². The number of nitrogens with zero attached hydrogens (tertiary/aromatic N) is 4. The number of nitrogens with two attached hydrogens (primary N) is 2. The van der Waals surface area contributed by atoms with Crippen LogP contribution in [-0.2, 0) is 6.54 Å². The molecule has 0 bridgehead atoms. The van der Waals surface area contributed by atoms with Crippen LogP contribution in [0.5, 0.6) is 0 Å². The zero-order valence-electron chi connectivity index (χ0n) is 16.6. The van der Waals surface area contributed by atoms with Gasteiger partial charge in [0.15, 0.2) is 5.82 Å². The monoisotopic (exact) mass is 415 g/mol. The second-order valence-electron chi connectivity index (χ2n) is 6.91. The zero-order chi connectivity index (χ0) is 22.1. The summed E-state index contributed by atoms with van der Waals surface area (Å²) in [5.41, 5.74) is 14.3. The Balaban J connectivity index is 1.92. The molecular formula is C22H18FN7O. The predicted molar refractivity (Wildman–Crippen MR) is 117 cm³/mol. The number of benzene rings is 1. The minimum Gasteiger partial charge on any atom is -0.382 e. The average molecular weight is 415 g/mol. The molecular weight excluding hydrogens is 397 g/mol. The molecule has 0 unspecified atom stereocenters.